The zero-order chi connectivity index (χ0) is 16.9. The summed E-state index contributed by atoms with van der Waals surface area (Å²) in [6.07, 6.45) is 6.66. The molecule has 124 valence electrons. The molecule has 8 heteroatoms. The molecule has 0 atom stereocenters. The van der Waals surface area contributed by atoms with Crippen LogP contribution in [0.3, 0.4) is 0 Å². The second kappa shape index (κ2) is 7.03. The minimum Gasteiger partial charge on any atom is -0.476 e. The first-order valence-electron chi connectivity index (χ1n) is 7.60. The van der Waals surface area contributed by atoms with Gasteiger partial charge in [-0.15, -0.1) is 0 Å². The van der Waals surface area contributed by atoms with Crippen LogP contribution in [0.5, 0.6) is 5.88 Å². The summed E-state index contributed by atoms with van der Waals surface area (Å²) in [4.78, 5) is 35.6. The number of aromatic nitrogens is 3. The van der Waals surface area contributed by atoms with Crippen molar-refractivity contribution in [1.29, 1.82) is 0 Å². The van der Waals surface area contributed by atoms with Crippen LogP contribution < -0.4 is 15.4 Å². The fourth-order valence-corrected chi connectivity index (χ4v) is 1.96. The number of hydrogen-bond acceptors (Lipinski definition) is 6. The van der Waals surface area contributed by atoms with Gasteiger partial charge in [0.25, 0.3) is 5.91 Å². The molecule has 2 aromatic rings. The molecule has 2 amide bonds. The maximum Gasteiger partial charge on any atom is 0.277 e. The van der Waals surface area contributed by atoms with Crippen LogP contribution in [0, 0.1) is 5.92 Å². The second-order valence-electron chi connectivity index (χ2n) is 5.53. The summed E-state index contributed by atoms with van der Waals surface area (Å²) in [5.41, 5.74) is 0.545. The Hall–Kier alpha value is -3.03. The van der Waals surface area contributed by atoms with Crippen molar-refractivity contribution in [2.45, 2.75) is 19.8 Å². The van der Waals surface area contributed by atoms with Crippen LogP contribution >= 0.6 is 0 Å². The average molecular weight is 327 g/mol. The molecule has 1 saturated carbocycles. The van der Waals surface area contributed by atoms with E-state index in [9.17, 15) is 9.59 Å². The first kappa shape index (κ1) is 15.9. The zero-order valence-electron chi connectivity index (χ0n) is 13.2. The van der Waals surface area contributed by atoms with Gasteiger partial charge in [0, 0.05) is 13.1 Å². The van der Waals surface area contributed by atoms with E-state index in [2.05, 4.69) is 25.6 Å². The van der Waals surface area contributed by atoms with Crippen molar-refractivity contribution in [3.05, 3.63) is 36.4 Å². The molecule has 2 aromatic heterocycles. The quantitative estimate of drug-likeness (QED) is 0.839. The lowest BCUT2D eigenvalue weighted by Gasteiger charge is -2.09. The van der Waals surface area contributed by atoms with Crippen molar-refractivity contribution in [2.75, 3.05) is 17.2 Å². The summed E-state index contributed by atoms with van der Waals surface area (Å²) >= 11 is 0. The lowest BCUT2D eigenvalue weighted by atomic mass is 10.3. The largest absolute Gasteiger partial charge is 0.476 e. The molecule has 0 aliphatic heterocycles. The summed E-state index contributed by atoms with van der Waals surface area (Å²) in [5, 5.41) is 5.20. The van der Waals surface area contributed by atoms with Gasteiger partial charge in [0.2, 0.25) is 11.8 Å². The molecule has 2 N–H and O–H groups in total. The number of pyridine rings is 1. The van der Waals surface area contributed by atoms with E-state index in [4.69, 9.17) is 4.74 Å². The molecule has 0 spiro atoms. The maximum atomic E-state index is 12.2. The van der Waals surface area contributed by atoms with Crippen LogP contribution in [0.1, 0.15) is 30.3 Å². The van der Waals surface area contributed by atoms with Gasteiger partial charge >= 0.3 is 0 Å². The number of ether oxygens (including phenoxy) is 1. The van der Waals surface area contributed by atoms with Crippen LogP contribution in [0.2, 0.25) is 0 Å². The van der Waals surface area contributed by atoms with Gasteiger partial charge in [0.1, 0.15) is 5.69 Å². The summed E-state index contributed by atoms with van der Waals surface area (Å²) in [6.45, 7) is 2.01. The number of carbonyl (C=O) groups is 2. The highest BCUT2D eigenvalue weighted by Gasteiger charge is 2.22. The van der Waals surface area contributed by atoms with E-state index in [0.29, 0.717) is 24.1 Å². The van der Waals surface area contributed by atoms with Crippen LogP contribution in [0.15, 0.2) is 30.7 Å². The lowest BCUT2D eigenvalue weighted by molar-refractivity contribution is -0.114. The van der Waals surface area contributed by atoms with E-state index < -0.39 is 5.91 Å². The summed E-state index contributed by atoms with van der Waals surface area (Å²) < 4.78 is 5.48. The predicted octanol–water partition coefficient (Wildman–Crippen LogP) is 1.87. The molecule has 1 fully saturated rings. The molecule has 8 nitrogen and oxygen atoms in total. The van der Waals surface area contributed by atoms with Crippen molar-refractivity contribution in [3.63, 3.8) is 0 Å². The Labute approximate surface area is 138 Å². The third-order valence-corrected chi connectivity index (χ3v) is 3.37. The predicted molar refractivity (Wildman–Crippen MR) is 86.7 cm³/mol. The third kappa shape index (κ3) is 4.25. The highest BCUT2D eigenvalue weighted by molar-refractivity contribution is 6.05. The van der Waals surface area contributed by atoms with Crippen LogP contribution in [0.25, 0.3) is 0 Å². The summed E-state index contributed by atoms with van der Waals surface area (Å²) in [6, 6.07) is 3.30. The number of rotatable bonds is 6. The monoisotopic (exact) mass is 327 g/mol. The van der Waals surface area contributed by atoms with Gasteiger partial charge in [0.15, 0.2) is 5.82 Å². The van der Waals surface area contributed by atoms with E-state index in [1.54, 1.807) is 12.1 Å². The molecular weight excluding hydrogens is 310 g/mol. The van der Waals surface area contributed by atoms with Crippen LogP contribution in [-0.4, -0.2) is 33.4 Å². The van der Waals surface area contributed by atoms with E-state index in [0.717, 1.165) is 0 Å². The Kier molecular flexibility index (Phi) is 4.64. The molecule has 0 unspecified atom stereocenters. The van der Waals surface area contributed by atoms with Crippen molar-refractivity contribution >= 4 is 23.3 Å². The Morgan fingerprint density at radius 3 is 2.71 bits per heavy atom. The van der Waals surface area contributed by atoms with Crippen LogP contribution in [0.4, 0.5) is 11.5 Å². The fraction of sp³-hybridized carbons (Fsp3) is 0.312. The minimum absolute atomic E-state index is 0.133. The second-order valence-corrected chi connectivity index (χ2v) is 5.53. The van der Waals surface area contributed by atoms with Gasteiger partial charge in [-0.25, -0.2) is 15.0 Å². The Bertz CT molecular complexity index is 744. The molecule has 0 saturated heterocycles. The lowest BCUT2D eigenvalue weighted by Crippen LogP contribution is -2.17. The summed E-state index contributed by atoms with van der Waals surface area (Å²) in [7, 11) is 0. The van der Waals surface area contributed by atoms with Crippen molar-refractivity contribution in [3.8, 4) is 5.88 Å². The number of nitrogens with zero attached hydrogens (tertiary/aromatic N) is 3. The zero-order valence-corrected chi connectivity index (χ0v) is 13.2. The van der Waals surface area contributed by atoms with E-state index >= 15 is 0 Å². The van der Waals surface area contributed by atoms with Gasteiger partial charge in [-0.1, -0.05) is 0 Å². The number of amides is 2. The average Bonchev–Trinajstić information content (AvgIpc) is 3.39. The fourth-order valence-electron chi connectivity index (χ4n) is 1.96. The topological polar surface area (TPSA) is 106 Å². The molecule has 1 aliphatic carbocycles. The number of carbonyl (C=O) groups excluding carboxylic acids is 2. The molecule has 1 aliphatic rings. The van der Waals surface area contributed by atoms with Gasteiger partial charge in [-0.05, 0) is 30.9 Å². The number of anilines is 2. The Balaban J connectivity index is 1.65. The normalized spacial score (nSPS) is 13.2. The Morgan fingerprint density at radius 2 is 2.04 bits per heavy atom. The first-order valence-corrected chi connectivity index (χ1v) is 7.60. The van der Waals surface area contributed by atoms with Gasteiger partial charge in [-0.2, -0.15) is 0 Å². The molecule has 24 heavy (non-hydrogen) atoms. The van der Waals surface area contributed by atoms with Gasteiger partial charge in [-0.3, -0.25) is 9.59 Å². The maximum absolute atomic E-state index is 12.2. The molecule has 0 bridgehead atoms. The molecular formula is C16H17N5O3. The Morgan fingerprint density at radius 1 is 1.21 bits per heavy atom. The summed E-state index contributed by atoms with van der Waals surface area (Å²) in [5.74, 6) is 0.534. The molecule has 2 heterocycles. The van der Waals surface area contributed by atoms with E-state index in [-0.39, 0.29) is 17.4 Å². The van der Waals surface area contributed by atoms with Crippen molar-refractivity contribution in [1.82, 2.24) is 15.0 Å². The van der Waals surface area contributed by atoms with Crippen molar-refractivity contribution in [2.24, 2.45) is 5.92 Å². The minimum atomic E-state index is -0.471. The standard InChI is InChI=1S/C16H17N5O3/c1-10(22)20-12-3-2-6-17-15(12)21-16(23)13-7-19-14(8-18-13)24-9-11-4-5-11/h2-3,6-8,11H,4-5,9H2,1H3,(H,20,22)(H,17,21,23). The SMILES string of the molecule is CC(=O)Nc1cccnc1NC(=O)c1cnc(OCC2CC2)cn1. The van der Waals surface area contributed by atoms with Crippen LogP contribution in [-0.2, 0) is 4.79 Å². The molecule has 0 radical (unpaired) electrons. The first-order chi connectivity index (χ1) is 11.6. The number of hydrogen-bond donors (Lipinski definition) is 2. The van der Waals surface area contributed by atoms with Gasteiger partial charge < -0.3 is 15.4 Å². The molecule has 0 aromatic carbocycles. The highest BCUT2D eigenvalue weighted by Crippen LogP contribution is 2.29. The van der Waals surface area contributed by atoms with Crippen molar-refractivity contribution < 1.29 is 14.3 Å². The number of nitrogens with one attached hydrogen (secondary N) is 2. The van der Waals surface area contributed by atoms with Gasteiger partial charge in [0.05, 0.1) is 24.7 Å². The smallest absolute Gasteiger partial charge is 0.277 e. The van der Waals surface area contributed by atoms with E-state index in [1.807, 2.05) is 0 Å². The molecule has 3 rings (SSSR count). The third-order valence-electron chi connectivity index (χ3n) is 3.37. The highest BCUT2D eigenvalue weighted by atomic mass is 16.5. The van der Waals surface area contributed by atoms with E-state index in [1.165, 1.54) is 38.4 Å².